The molecule has 0 fully saturated rings. The Bertz CT molecular complexity index is 982. The van der Waals surface area contributed by atoms with Gasteiger partial charge in [0.1, 0.15) is 5.02 Å². The minimum Gasteiger partial charge on any atom is -0.326 e. The molecule has 0 saturated heterocycles. The van der Waals surface area contributed by atoms with Crippen molar-refractivity contribution in [2.45, 2.75) is 6.54 Å². The van der Waals surface area contributed by atoms with Gasteiger partial charge in [0.05, 0.1) is 10.4 Å². The van der Waals surface area contributed by atoms with Crippen molar-refractivity contribution in [1.29, 1.82) is 0 Å². The number of aromatic nitrogens is 1. The first-order chi connectivity index (χ1) is 11.4. The lowest BCUT2D eigenvalue weighted by atomic mass is 10.1. The fourth-order valence-electron chi connectivity index (χ4n) is 2.53. The zero-order chi connectivity index (χ0) is 17.4. The summed E-state index contributed by atoms with van der Waals surface area (Å²) in [6.45, 7) is 0.249. The average Bonchev–Trinajstić information content (AvgIpc) is 2.92. The number of nitro benzene ring substituents is 1. The highest BCUT2D eigenvalue weighted by atomic mass is 35.5. The number of hydrogen-bond acceptors (Lipinski definition) is 4. The predicted molar refractivity (Wildman–Crippen MR) is 92.7 cm³/mol. The van der Waals surface area contributed by atoms with Crippen LogP contribution in [-0.4, -0.2) is 15.4 Å². The Kier molecular flexibility index (Phi) is 4.28. The zero-order valence-electron chi connectivity index (χ0n) is 12.2. The topological polar surface area (TPSA) is 91.2 Å². The van der Waals surface area contributed by atoms with Gasteiger partial charge in [-0.3, -0.25) is 19.5 Å². The molecule has 2 aromatic carbocycles. The number of fused-ring (bicyclic) bond motifs is 1. The summed E-state index contributed by atoms with van der Waals surface area (Å²) >= 11 is 11.8. The van der Waals surface area contributed by atoms with Crippen LogP contribution in [-0.2, 0) is 6.54 Å². The molecule has 0 amide bonds. The quantitative estimate of drug-likeness (QED) is 0.562. The highest BCUT2D eigenvalue weighted by Crippen LogP contribution is 2.28. The van der Waals surface area contributed by atoms with Crippen LogP contribution in [0.5, 0.6) is 0 Å². The van der Waals surface area contributed by atoms with Crippen molar-refractivity contribution >= 4 is 45.7 Å². The maximum Gasteiger partial charge on any atom is 0.288 e. The molecular weight excluding hydrogens is 353 g/mol. The number of carbonyl (C=O) groups excluding carboxylic acids is 1. The normalized spacial score (nSPS) is 11.0. The van der Waals surface area contributed by atoms with Gasteiger partial charge in [-0.05, 0) is 29.8 Å². The van der Waals surface area contributed by atoms with Crippen LogP contribution >= 0.6 is 23.2 Å². The van der Waals surface area contributed by atoms with E-state index in [1.165, 1.54) is 16.7 Å². The number of halogens is 2. The van der Waals surface area contributed by atoms with E-state index in [4.69, 9.17) is 28.9 Å². The smallest absolute Gasteiger partial charge is 0.288 e. The van der Waals surface area contributed by atoms with Gasteiger partial charge in [-0.25, -0.2) is 0 Å². The Hall–Kier alpha value is -2.41. The van der Waals surface area contributed by atoms with Crippen molar-refractivity contribution in [2.75, 3.05) is 0 Å². The maximum absolute atomic E-state index is 12.8. The van der Waals surface area contributed by atoms with E-state index >= 15 is 0 Å². The van der Waals surface area contributed by atoms with Crippen LogP contribution in [0, 0.1) is 10.1 Å². The first-order valence-corrected chi connectivity index (χ1v) is 7.66. The van der Waals surface area contributed by atoms with Gasteiger partial charge in [0.25, 0.3) is 11.6 Å². The van der Waals surface area contributed by atoms with Crippen molar-refractivity contribution in [3.8, 4) is 0 Å². The van der Waals surface area contributed by atoms with Crippen molar-refractivity contribution < 1.29 is 9.72 Å². The molecule has 0 bridgehead atoms. The maximum atomic E-state index is 12.8. The van der Waals surface area contributed by atoms with Gasteiger partial charge < -0.3 is 5.73 Å². The highest BCUT2D eigenvalue weighted by molar-refractivity contribution is 6.33. The Morgan fingerprint density at radius 2 is 1.96 bits per heavy atom. The number of carbonyl (C=O) groups is 1. The molecule has 3 rings (SSSR count). The minimum atomic E-state index is -0.630. The Morgan fingerprint density at radius 3 is 2.62 bits per heavy atom. The van der Waals surface area contributed by atoms with E-state index in [0.29, 0.717) is 10.5 Å². The molecule has 24 heavy (non-hydrogen) atoms. The minimum absolute atomic E-state index is 0.0281. The number of nitrogens with two attached hydrogens (primary N) is 1. The monoisotopic (exact) mass is 363 g/mol. The summed E-state index contributed by atoms with van der Waals surface area (Å²) < 4.78 is 1.39. The van der Waals surface area contributed by atoms with Crippen LogP contribution in [0.15, 0.2) is 42.6 Å². The van der Waals surface area contributed by atoms with E-state index in [1.807, 2.05) is 0 Å². The van der Waals surface area contributed by atoms with E-state index in [-0.39, 0.29) is 22.8 Å². The first kappa shape index (κ1) is 16.4. The number of rotatable bonds is 3. The summed E-state index contributed by atoms with van der Waals surface area (Å²) in [4.78, 5) is 23.2. The Balaban J connectivity index is 2.17. The lowest BCUT2D eigenvalue weighted by Gasteiger charge is -2.05. The summed E-state index contributed by atoms with van der Waals surface area (Å²) in [6, 6.07) is 9.08. The third-order valence-corrected chi connectivity index (χ3v) is 4.23. The number of nitrogens with zero attached hydrogens (tertiary/aromatic N) is 2. The molecule has 8 heteroatoms. The van der Waals surface area contributed by atoms with Gasteiger partial charge in [-0.15, -0.1) is 0 Å². The molecule has 2 N–H and O–H groups in total. The van der Waals surface area contributed by atoms with Gasteiger partial charge in [0, 0.05) is 34.8 Å². The summed E-state index contributed by atoms with van der Waals surface area (Å²) in [7, 11) is 0. The molecule has 3 aromatic rings. The Labute approximate surface area is 146 Å². The Morgan fingerprint density at radius 1 is 1.21 bits per heavy atom. The van der Waals surface area contributed by atoms with Gasteiger partial charge in [0.2, 0.25) is 0 Å². The third-order valence-electron chi connectivity index (χ3n) is 3.68. The van der Waals surface area contributed by atoms with Crippen LogP contribution in [0.2, 0.25) is 10.0 Å². The molecule has 6 nitrogen and oxygen atoms in total. The van der Waals surface area contributed by atoms with E-state index in [2.05, 4.69) is 0 Å². The fourth-order valence-corrected chi connectivity index (χ4v) is 2.88. The first-order valence-electron chi connectivity index (χ1n) is 6.90. The van der Waals surface area contributed by atoms with Crippen molar-refractivity contribution in [3.63, 3.8) is 0 Å². The summed E-state index contributed by atoms with van der Waals surface area (Å²) in [6.07, 6.45) is 1.61. The van der Waals surface area contributed by atoms with Crippen molar-refractivity contribution in [1.82, 2.24) is 4.57 Å². The molecule has 1 heterocycles. The van der Waals surface area contributed by atoms with Gasteiger partial charge in [0.15, 0.2) is 0 Å². The second kappa shape index (κ2) is 6.24. The van der Waals surface area contributed by atoms with Gasteiger partial charge in [-0.1, -0.05) is 29.3 Å². The lowest BCUT2D eigenvalue weighted by Crippen LogP contribution is -2.11. The summed E-state index contributed by atoms with van der Waals surface area (Å²) in [5.74, 6) is -0.429. The van der Waals surface area contributed by atoms with E-state index in [0.717, 1.165) is 17.0 Å². The summed E-state index contributed by atoms with van der Waals surface area (Å²) in [5, 5.41) is 12.3. The van der Waals surface area contributed by atoms with Gasteiger partial charge >= 0.3 is 0 Å². The molecule has 0 aliphatic carbocycles. The fraction of sp³-hybridized carbons (Fsp3) is 0.0625. The lowest BCUT2D eigenvalue weighted by molar-refractivity contribution is -0.384. The van der Waals surface area contributed by atoms with Gasteiger partial charge in [-0.2, -0.15) is 0 Å². The molecule has 0 aliphatic rings. The predicted octanol–water partition coefficient (Wildman–Crippen LogP) is 4.00. The molecule has 1 aromatic heterocycles. The molecule has 0 radical (unpaired) electrons. The molecular formula is C16H11Cl2N3O3. The average molecular weight is 364 g/mol. The largest absolute Gasteiger partial charge is 0.326 e. The third kappa shape index (κ3) is 2.75. The second-order valence-electron chi connectivity index (χ2n) is 5.12. The zero-order valence-corrected chi connectivity index (χ0v) is 13.7. The molecule has 0 unspecified atom stereocenters. The highest BCUT2D eigenvalue weighted by Gasteiger charge is 2.19. The van der Waals surface area contributed by atoms with E-state index in [9.17, 15) is 14.9 Å². The molecule has 0 saturated carbocycles. The molecule has 0 aliphatic heterocycles. The van der Waals surface area contributed by atoms with Crippen LogP contribution in [0.4, 0.5) is 5.69 Å². The van der Waals surface area contributed by atoms with Crippen LogP contribution < -0.4 is 5.73 Å². The molecule has 0 atom stereocenters. The SMILES string of the molecule is NCc1cn(C(=O)c2ccc(Cl)c([N+](=O)[O-])c2)c2cc(Cl)ccc12. The van der Waals surface area contributed by atoms with Crippen molar-refractivity contribution in [2.24, 2.45) is 5.73 Å². The van der Waals surface area contributed by atoms with Crippen molar-refractivity contribution in [3.05, 3.63) is 73.9 Å². The molecule has 122 valence electrons. The van der Waals surface area contributed by atoms with Crippen LogP contribution in [0.25, 0.3) is 10.9 Å². The van der Waals surface area contributed by atoms with E-state index < -0.39 is 10.8 Å². The standard InChI is InChI=1S/C16H11Cl2N3O3/c17-11-2-3-12-10(7-19)8-20(14(12)6-11)16(22)9-1-4-13(18)15(5-9)21(23)24/h1-6,8H,7,19H2. The number of nitro groups is 1. The summed E-state index contributed by atoms with van der Waals surface area (Å²) in [5.41, 5.74) is 6.91. The second-order valence-corrected chi connectivity index (χ2v) is 5.96. The van der Waals surface area contributed by atoms with Crippen LogP contribution in [0.3, 0.4) is 0 Å². The van der Waals surface area contributed by atoms with E-state index in [1.54, 1.807) is 24.4 Å². The number of benzene rings is 2. The number of hydrogen-bond donors (Lipinski definition) is 1. The molecule has 0 spiro atoms. The van der Waals surface area contributed by atoms with Crippen LogP contribution in [0.1, 0.15) is 15.9 Å².